The van der Waals surface area contributed by atoms with Gasteiger partial charge in [-0.2, -0.15) is 5.10 Å². The Balaban J connectivity index is 1.90. The maximum Gasteiger partial charge on any atom is 0.121 e. The Kier molecular flexibility index (Phi) is 2.99. The maximum atomic E-state index is 6.31. The van der Waals surface area contributed by atoms with Crippen LogP contribution in [0, 0.1) is 0 Å². The van der Waals surface area contributed by atoms with Gasteiger partial charge >= 0.3 is 0 Å². The number of benzene rings is 1. The van der Waals surface area contributed by atoms with Crippen LogP contribution in [-0.2, 0) is 7.05 Å². The SMILES string of the molecule is Cn1nc(-c2ccc(SC3CC3)c(Cl)c2)cc1N. The molecule has 94 valence electrons. The van der Waals surface area contributed by atoms with Crippen LogP contribution in [0.1, 0.15) is 12.8 Å². The number of rotatable bonds is 3. The number of halogens is 1. The molecule has 1 aliphatic carbocycles. The highest BCUT2D eigenvalue weighted by Crippen LogP contribution is 2.42. The van der Waals surface area contributed by atoms with Gasteiger partial charge in [0.25, 0.3) is 0 Å². The Bertz CT molecular complexity index is 570. The highest BCUT2D eigenvalue weighted by atomic mass is 35.5. The van der Waals surface area contributed by atoms with Crippen molar-refractivity contribution in [1.29, 1.82) is 0 Å². The number of nitrogen functional groups attached to an aromatic ring is 1. The summed E-state index contributed by atoms with van der Waals surface area (Å²) in [5.74, 6) is 0.651. The molecule has 0 aliphatic heterocycles. The van der Waals surface area contributed by atoms with Crippen LogP contribution in [-0.4, -0.2) is 15.0 Å². The predicted octanol–water partition coefficient (Wildman–Crippen LogP) is 3.58. The molecule has 0 unspecified atom stereocenters. The lowest BCUT2D eigenvalue weighted by Crippen LogP contribution is -1.96. The van der Waals surface area contributed by atoms with E-state index in [1.807, 2.05) is 30.9 Å². The molecule has 0 saturated heterocycles. The molecule has 0 spiro atoms. The highest BCUT2D eigenvalue weighted by molar-refractivity contribution is 8.00. The molecule has 3 nitrogen and oxygen atoms in total. The van der Waals surface area contributed by atoms with Crippen molar-refractivity contribution < 1.29 is 0 Å². The Hall–Kier alpha value is -1.13. The molecule has 1 heterocycles. The van der Waals surface area contributed by atoms with Crippen molar-refractivity contribution in [3.8, 4) is 11.3 Å². The molecule has 1 fully saturated rings. The summed E-state index contributed by atoms with van der Waals surface area (Å²) in [7, 11) is 1.83. The lowest BCUT2D eigenvalue weighted by Gasteiger charge is -2.04. The molecule has 18 heavy (non-hydrogen) atoms. The van der Waals surface area contributed by atoms with Crippen molar-refractivity contribution in [2.45, 2.75) is 23.0 Å². The smallest absolute Gasteiger partial charge is 0.121 e. The van der Waals surface area contributed by atoms with E-state index in [9.17, 15) is 0 Å². The highest BCUT2D eigenvalue weighted by Gasteiger charge is 2.23. The minimum absolute atomic E-state index is 0.651. The van der Waals surface area contributed by atoms with Crippen LogP contribution in [0.3, 0.4) is 0 Å². The van der Waals surface area contributed by atoms with E-state index >= 15 is 0 Å². The number of aromatic nitrogens is 2. The normalized spacial score (nSPS) is 15.0. The fourth-order valence-electron chi connectivity index (χ4n) is 1.74. The topological polar surface area (TPSA) is 43.8 Å². The second-order valence-electron chi connectivity index (χ2n) is 4.54. The van der Waals surface area contributed by atoms with E-state index < -0.39 is 0 Å². The van der Waals surface area contributed by atoms with Gasteiger partial charge in [-0.25, -0.2) is 0 Å². The average molecular weight is 280 g/mol. The quantitative estimate of drug-likeness (QED) is 0.934. The maximum absolute atomic E-state index is 6.31. The first-order chi connectivity index (χ1) is 8.63. The van der Waals surface area contributed by atoms with E-state index in [0.29, 0.717) is 5.82 Å². The number of anilines is 1. The number of nitrogens with zero attached hydrogens (tertiary/aromatic N) is 2. The third-order valence-electron chi connectivity index (χ3n) is 2.96. The summed E-state index contributed by atoms with van der Waals surface area (Å²) in [4.78, 5) is 1.16. The van der Waals surface area contributed by atoms with Gasteiger partial charge in [0.15, 0.2) is 0 Å². The van der Waals surface area contributed by atoms with Crippen molar-refractivity contribution in [3.63, 3.8) is 0 Å². The van der Waals surface area contributed by atoms with E-state index in [0.717, 1.165) is 26.4 Å². The van der Waals surface area contributed by atoms with Crippen LogP contribution >= 0.6 is 23.4 Å². The summed E-state index contributed by atoms with van der Waals surface area (Å²) in [6.07, 6.45) is 2.61. The largest absolute Gasteiger partial charge is 0.384 e. The number of hydrogen-bond donors (Lipinski definition) is 1. The zero-order valence-electron chi connectivity index (χ0n) is 10.1. The third-order valence-corrected chi connectivity index (χ3v) is 4.80. The van der Waals surface area contributed by atoms with Gasteiger partial charge in [-0.3, -0.25) is 4.68 Å². The predicted molar refractivity (Wildman–Crippen MR) is 76.9 cm³/mol. The molecule has 1 saturated carbocycles. The van der Waals surface area contributed by atoms with Gasteiger partial charge in [0.2, 0.25) is 0 Å². The summed E-state index contributed by atoms with van der Waals surface area (Å²) in [6.45, 7) is 0. The standard InChI is InChI=1S/C13H14ClN3S/c1-17-13(15)7-11(16-17)8-2-5-12(10(14)6-8)18-9-3-4-9/h2,5-7,9H,3-4,15H2,1H3. The fourth-order valence-corrected chi connectivity index (χ4v) is 3.11. The number of thioether (sulfide) groups is 1. The van der Waals surface area contributed by atoms with Crippen molar-refractivity contribution in [3.05, 3.63) is 29.3 Å². The van der Waals surface area contributed by atoms with Crippen LogP contribution < -0.4 is 5.73 Å². The van der Waals surface area contributed by atoms with Crippen molar-refractivity contribution in [2.24, 2.45) is 7.05 Å². The van der Waals surface area contributed by atoms with Gasteiger partial charge in [-0.1, -0.05) is 17.7 Å². The number of hydrogen-bond acceptors (Lipinski definition) is 3. The minimum Gasteiger partial charge on any atom is -0.384 e. The summed E-state index contributed by atoms with van der Waals surface area (Å²) >= 11 is 8.18. The first-order valence-electron chi connectivity index (χ1n) is 5.89. The van der Waals surface area contributed by atoms with Crippen LogP contribution in [0.15, 0.2) is 29.2 Å². The van der Waals surface area contributed by atoms with Crippen LogP contribution in [0.25, 0.3) is 11.3 Å². The van der Waals surface area contributed by atoms with Gasteiger partial charge in [-0.15, -0.1) is 11.8 Å². The summed E-state index contributed by atoms with van der Waals surface area (Å²) in [5.41, 5.74) is 7.65. The molecule has 0 radical (unpaired) electrons. The molecule has 5 heteroatoms. The van der Waals surface area contributed by atoms with E-state index in [2.05, 4.69) is 17.2 Å². The number of aryl methyl sites for hydroxylation is 1. The van der Waals surface area contributed by atoms with Gasteiger partial charge in [-0.05, 0) is 25.0 Å². The molecular weight excluding hydrogens is 266 g/mol. The van der Waals surface area contributed by atoms with Gasteiger partial charge < -0.3 is 5.73 Å². The van der Waals surface area contributed by atoms with Crippen LogP contribution in [0.2, 0.25) is 5.02 Å². The Morgan fingerprint density at radius 3 is 2.72 bits per heavy atom. The monoisotopic (exact) mass is 279 g/mol. The van der Waals surface area contributed by atoms with Gasteiger partial charge in [0.05, 0.1) is 10.7 Å². The van der Waals surface area contributed by atoms with E-state index in [1.54, 1.807) is 4.68 Å². The zero-order chi connectivity index (χ0) is 12.7. The first kappa shape index (κ1) is 11.9. The minimum atomic E-state index is 0.651. The van der Waals surface area contributed by atoms with Crippen LogP contribution in [0.5, 0.6) is 0 Å². The fraction of sp³-hybridized carbons (Fsp3) is 0.308. The lowest BCUT2D eigenvalue weighted by molar-refractivity contribution is 0.782. The average Bonchev–Trinajstić information content (AvgIpc) is 3.08. The van der Waals surface area contributed by atoms with Crippen molar-refractivity contribution in [1.82, 2.24) is 9.78 Å². The van der Waals surface area contributed by atoms with Gasteiger partial charge in [0.1, 0.15) is 5.82 Å². The van der Waals surface area contributed by atoms with E-state index in [-0.39, 0.29) is 0 Å². The molecule has 0 amide bonds. The molecule has 3 rings (SSSR count). The molecule has 1 aromatic heterocycles. The molecule has 2 N–H and O–H groups in total. The summed E-state index contributed by atoms with van der Waals surface area (Å²) in [6, 6.07) is 7.96. The van der Waals surface area contributed by atoms with E-state index in [4.69, 9.17) is 17.3 Å². The molecule has 1 aromatic carbocycles. The Morgan fingerprint density at radius 1 is 1.39 bits per heavy atom. The van der Waals surface area contributed by atoms with Crippen molar-refractivity contribution in [2.75, 3.05) is 5.73 Å². The number of nitrogens with two attached hydrogens (primary N) is 1. The Labute approximate surface area is 115 Å². The molecular formula is C13H14ClN3S. The molecule has 1 aliphatic rings. The van der Waals surface area contributed by atoms with E-state index in [1.165, 1.54) is 12.8 Å². The third kappa shape index (κ3) is 2.35. The van der Waals surface area contributed by atoms with Gasteiger partial charge in [0, 0.05) is 28.8 Å². The lowest BCUT2D eigenvalue weighted by atomic mass is 10.1. The summed E-state index contributed by atoms with van der Waals surface area (Å²) in [5, 5.41) is 5.91. The van der Waals surface area contributed by atoms with Crippen molar-refractivity contribution >= 4 is 29.2 Å². The zero-order valence-corrected chi connectivity index (χ0v) is 11.6. The summed E-state index contributed by atoms with van der Waals surface area (Å²) < 4.78 is 1.66. The molecule has 0 atom stereocenters. The first-order valence-corrected chi connectivity index (χ1v) is 7.15. The Morgan fingerprint density at radius 2 is 2.17 bits per heavy atom. The van der Waals surface area contributed by atoms with Crippen LogP contribution in [0.4, 0.5) is 5.82 Å². The second-order valence-corrected chi connectivity index (χ2v) is 6.29. The molecule has 0 bridgehead atoms. The second kappa shape index (κ2) is 4.52. The molecule has 2 aromatic rings.